The van der Waals surface area contributed by atoms with E-state index in [1.54, 1.807) is 12.1 Å². The highest BCUT2D eigenvalue weighted by Gasteiger charge is 2.46. The Morgan fingerprint density at radius 2 is 1.60 bits per heavy atom. The Bertz CT molecular complexity index is 2320. The number of nitrogens with zero attached hydrogens (tertiary/aromatic N) is 8. The molecule has 1 aliphatic carbocycles. The van der Waals surface area contributed by atoms with Crippen LogP contribution < -0.4 is 27.4 Å². The first kappa shape index (κ1) is 37.9. The van der Waals surface area contributed by atoms with Crippen LogP contribution >= 0.6 is 0 Å². The van der Waals surface area contributed by atoms with E-state index in [9.17, 15) is 39.6 Å². The van der Waals surface area contributed by atoms with Gasteiger partial charge in [-0.1, -0.05) is 5.21 Å². The lowest BCUT2D eigenvalue weighted by Crippen LogP contribution is -2.62. The molecule has 284 valence electrons. The predicted octanol–water partition coefficient (Wildman–Crippen LogP) is -1.93. The lowest BCUT2D eigenvalue weighted by Gasteiger charge is -2.42. The van der Waals surface area contributed by atoms with Gasteiger partial charge in [-0.3, -0.25) is 33.3 Å². The van der Waals surface area contributed by atoms with Gasteiger partial charge in [-0.2, -0.15) is 0 Å². The Kier molecular flexibility index (Phi) is 10.9. The summed E-state index contributed by atoms with van der Waals surface area (Å²) in [6.07, 6.45) is -2.77. The quantitative estimate of drug-likeness (QED) is 0.0832. The average Bonchev–Trinajstić information content (AvgIpc) is 3.58. The number of aliphatic hydroxyl groups is 3. The number of aliphatic hydroxyl groups excluding tert-OH is 3. The average molecular weight is 736 g/mol. The maximum Gasteiger partial charge on any atom is 0.263 e. The van der Waals surface area contributed by atoms with Crippen molar-refractivity contribution in [3.63, 3.8) is 0 Å². The zero-order chi connectivity index (χ0) is 38.3. The van der Waals surface area contributed by atoms with Gasteiger partial charge < -0.3 is 40.3 Å². The zero-order valence-corrected chi connectivity index (χ0v) is 30.3. The largest absolute Gasteiger partial charge is 0.494 e. The number of rotatable bonds is 13. The molecule has 2 aliphatic heterocycles. The second kappa shape index (κ2) is 15.2. The molecule has 1 amide bonds. The van der Waals surface area contributed by atoms with E-state index in [4.69, 9.17) is 9.73 Å². The normalized spacial score (nSPS) is 21.2. The summed E-state index contributed by atoms with van der Waals surface area (Å²) in [6, 6.07) is 3.53. The standard InChI is InChI=1S/C35H45N9O9/c1-18(46)37-28-30(48)29(47)24(17-45)53-35(28)44-16-19(38-39-44)15-36-23-14-22-25-20(31(49)42(33(22)51)12-6-10-40(2)3)8-9-21-26(25)27(23)34(52)43(32(21)50)13-7-11-41(4)5/h8-9,14,16,24,28-30,35,45,47-48,50H,6-7,10-13,15,17H2,1-5H3,(H,37,46)/t24-,28-,29-,30-,35-/m1/s1. The Balaban J connectivity index is 1.51. The van der Waals surface area contributed by atoms with Gasteiger partial charge in [0, 0.05) is 41.7 Å². The minimum absolute atomic E-state index is 0.126. The molecule has 2 aromatic heterocycles. The fraction of sp³-hybridized carbons (Fsp3) is 0.514. The summed E-state index contributed by atoms with van der Waals surface area (Å²) in [4.78, 5) is 62.6. The molecule has 0 radical (unpaired) electrons. The molecule has 5 atom stereocenters. The van der Waals surface area contributed by atoms with Crippen LogP contribution in [-0.4, -0.2) is 133 Å². The number of aromatic hydroxyl groups is 1. The third kappa shape index (κ3) is 7.12. The summed E-state index contributed by atoms with van der Waals surface area (Å²) >= 11 is 0. The molecule has 18 heteroatoms. The van der Waals surface area contributed by atoms with Crippen LogP contribution in [0.4, 0.5) is 0 Å². The first-order chi connectivity index (χ1) is 25.2. The van der Waals surface area contributed by atoms with E-state index in [2.05, 4.69) is 15.6 Å². The lowest BCUT2D eigenvalue weighted by atomic mass is 9.90. The molecule has 0 unspecified atom stereocenters. The molecule has 3 aliphatic rings. The van der Waals surface area contributed by atoms with Crippen LogP contribution in [0.25, 0.3) is 32.7 Å². The molecule has 18 nitrogen and oxygen atoms in total. The van der Waals surface area contributed by atoms with Crippen LogP contribution in [0.5, 0.6) is 5.88 Å². The van der Waals surface area contributed by atoms with Gasteiger partial charge in [0.15, 0.2) is 6.23 Å². The monoisotopic (exact) mass is 735 g/mol. The highest BCUT2D eigenvalue weighted by atomic mass is 16.5. The number of hydrogen-bond donors (Lipinski definition) is 5. The summed E-state index contributed by atoms with van der Waals surface area (Å²) in [5.41, 5.74) is -0.824. The molecule has 4 heterocycles. The summed E-state index contributed by atoms with van der Waals surface area (Å²) in [5.74, 6) is -0.775. The Hall–Kier alpha value is -4.85. The first-order valence-corrected chi connectivity index (χ1v) is 17.4. The fourth-order valence-electron chi connectivity index (χ4n) is 7.08. The smallest absolute Gasteiger partial charge is 0.263 e. The van der Waals surface area contributed by atoms with Crippen LogP contribution in [0.1, 0.15) is 31.7 Å². The summed E-state index contributed by atoms with van der Waals surface area (Å²) in [5, 5.41) is 54.3. The molecule has 1 saturated heterocycles. The maximum absolute atomic E-state index is 14.3. The molecule has 3 aromatic rings. The summed E-state index contributed by atoms with van der Waals surface area (Å²) < 4.78 is 9.51. The zero-order valence-electron chi connectivity index (χ0n) is 30.3. The van der Waals surface area contributed by atoms with E-state index in [1.165, 1.54) is 33.0 Å². The number of ether oxygens (including phenoxy) is 1. The van der Waals surface area contributed by atoms with Gasteiger partial charge in [0.1, 0.15) is 30.0 Å². The number of carbonyl (C=O) groups excluding carboxylic acids is 1. The van der Waals surface area contributed by atoms with Crippen molar-refractivity contribution in [1.82, 2.24) is 39.2 Å². The number of carbonyl (C=O) groups is 1. The number of hydrogen-bond acceptors (Lipinski definition) is 14. The molecular formula is C35H45N9O9. The van der Waals surface area contributed by atoms with E-state index >= 15 is 0 Å². The van der Waals surface area contributed by atoms with Gasteiger partial charge in [0.25, 0.3) is 16.7 Å². The molecule has 1 fully saturated rings. The molecule has 1 aromatic carbocycles. The molecule has 53 heavy (non-hydrogen) atoms. The molecule has 0 spiro atoms. The van der Waals surface area contributed by atoms with Gasteiger partial charge in [-0.25, -0.2) is 4.68 Å². The van der Waals surface area contributed by atoms with Gasteiger partial charge in [-0.05, 0) is 72.3 Å². The number of benzene rings is 2. The SMILES string of the molecule is CC(=O)N[C@@H]1[C@@H](O)[C@H](O)[C@@H](CO)O[C@H]1n1cc(CN=c2cc3c(=O)n(CCCN(C)C)c(=O)c4ccc5c(O)n(CCCN(C)C)c(=O)c2c5c4-3)nn1. The Morgan fingerprint density at radius 3 is 2.25 bits per heavy atom. The Morgan fingerprint density at radius 1 is 0.943 bits per heavy atom. The van der Waals surface area contributed by atoms with Crippen LogP contribution in [0, 0.1) is 0 Å². The highest BCUT2D eigenvalue weighted by molar-refractivity contribution is 6.15. The molecular weight excluding hydrogens is 690 g/mol. The number of aromatic nitrogens is 5. The minimum atomic E-state index is -1.50. The van der Waals surface area contributed by atoms with E-state index in [1.807, 2.05) is 38.0 Å². The predicted molar refractivity (Wildman–Crippen MR) is 193 cm³/mol. The number of nitrogens with one attached hydrogen (secondary N) is 1. The van der Waals surface area contributed by atoms with Crippen molar-refractivity contribution in [2.75, 3.05) is 47.9 Å². The second-order valence-electron chi connectivity index (χ2n) is 14.0. The number of pyridine rings is 2. The van der Waals surface area contributed by atoms with Crippen LogP contribution in [0.2, 0.25) is 0 Å². The molecule has 0 saturated carbocycles. The van der Waals surface area contributed by atoms with Crippen molar-refractivity contribution >= 4 is 27.5 Å². The van der Waals surface area contributed by atoms with Crippen molar-refractivity contribution in [3.8, 4) is 17.0 Å². The topological polar surface area (TPSA) is 230 Å². The Labute approximate surface area is 302 Å². The highest BCUT2D eigenvalue weighted by Crippen LogP contribution is 2.37. The van der Waals surface area contributed by atoms with Crippen molar-refractivity contribution in [2.45, 2.75) is 70.0 Å². The van der Waals surface area contributed by atoms with Crippen molar-refractivity contribution in [2.24, 2.45) is 4.99 Å². The van der Waals surface area contributed by atoms with E-state index in [0.29, 0.717) is 31.3 Å². The fourth-order valence-corrected chi connectivity index (χ4v) is 7.08. The molecule has 6 rings (SSSR count). The van der Waals surface area contributed by atoms with Gasteiger partial charge in [0.2, 0.25) is 11.8 Å². The van der Waals surface area contributed by atoms with E-state index in [0.717, 1.165) is 0 Å². The van der Waals surface area contributed by atoms with Gasteiger partial charge in [0.05, 0.1) is 35.7 Å². The van der Waals surface area contributed by atoms with E-state index < -0.39 is 59.8 Å². The third-order valence-electron chi connectivity index (χ3n) is 9.64. The van der Waals surface area contributed by atoms with Gasteiger partial charge >= 0.3 is 0 Å². The molecule has 5 N–H and O–H groups in total. The van der Waals surface area contributed by atoms with Crippen molar-refractivity contribution in [3.05, 3.63) is 66.5 Å². The van der Waals surface area contributed by atoms with E-state index in [-0.39, 0.29) is 63.9 Å². The minimum Gasteiger partial charge on any atom is -0.494 e. The van der Waals surface area contributed by atoms with Crippen LogP contribution in [-0.2, 0) is 29.2 Å². The lowest BCUT2D eigenvalue weighted by molar-refractivity contribution is -0.219. The summed E-state index contributed by atoms with van der Waals surface area (Å²) in [6.45, 7) is 2.16. The van der Waals surface area contributed by atoms with Crippen molar-refractivity contribution < 1.29 is 30.0 Å². The molecule has 0 bridgehead atoms. The third-order valence-corrected chi connectivity index (χ3v) is 9.64. The van der Waals surface area contributed by atoms with Crippen molar-refractivity contribution in [1.29, 1.82) is 0 Å². The van der Waals surface area contributed by atoms with Crippen LogP contribution in [0.3, 0.4) is 0 Å². The number of amides is 1. The second-order valence-corrected chi connectivity index (χ2v) is 14.0. The van der Waals surface area contributed by atoms with Gasteiger partial charge in [-0.15, -0.1) is 5.10 Å². The first-order valence-electron chi connectivity index (χ1n) is 17.4. The van der Waals surface area contributed by atoms with Crippen LogP contribution in [0.15, 0.2) is 43.8 Å². The maximum atomic E-state index is 14.3. The summed E-state index contributed by atoms with van der Waals surface area (Å²) in [7, 11) is 7.61.